The molecule has 2 aromatic carbocycles. The average Bonchev–Trinajstić information content (AvgIpc) is 2.69. The van der Waals surface area contributed by atoms with Gasteiger partial charge >= 0.3 is 0 Å². The number of aryl methyl sites for hydroxylation is 1. The molecule has 0 aliphatic heterocycles. The Labute approximate surface area is 159 Å². The van der Waals surface area contributed by atoms with Gasteiger partial charge in [0.25, 0.3) is 0 Å². The smallest absolute Gasteiger partial charge is 0.161 e. The maximum Gasteiger partial charge on any atom is 0.161 e. The fourth-order valence-corrected chi connectivity index (χ4v) is 3.15. The Morgan fingerprint density at radius 2 is 1.56 bits per heavy atom. The molecule has 0 aliphatic carbocycles. The largest absolute Gasteiger partial charge is 0.493 e. The van der Waals surface area contributed by atoms with Crippen LogP contribution in [-0.4, -0.2) is 19.2 Å². The van der Waals surface area contributed by atoms with Crippen molar-refractivity contribution in [3.63, 3.8) is 0 Å². The fraction of sp³-hybridized carbons (Fsp3) is 0.182. The van der Waals surface area contributed by atoms with Crippen LogP contribution in [0.4, 0.5) is 5.82 Å². The highest BCUT2D eigenvalue weighted by molar-refractivity contribution is 5.85. The van der Waals surface area contributed by atoms with Crippen LogP contribution in [0.15, 0.2) is 42.5 Å². The lowest BCUT2D eigenvalue weighted by molar-refractivity contribution is 0.355. The van der Waals surface area contributed by atoms with Crippen LogP contribution >= 0.6 is 0 Å². The molecule has 2 N–H and O–H groups in total. The molecule has 1 heterocycles. The molecule has 0 radical (unpaired) electrons. The number of pyridine rings is 1. The van der Waals surface area contributed by atoms with Gasteiger partial charge in [0.1, 0.15) is 17.5 Å². The molecule has 1 aromatic heterocycles. The molecule has 0 aliphatic rings. The van der Waals surface area contributed by atoms with E-state index in [-0.39, 0.29) is 5.82 Å². The van der Waals surface area contributed by atoms with Gasteiger partial charge in [0.2, 0.25) is 0 Å². The van der Waals surface area contributed by atoms with E-state index in [0.29, 0.717) is 17.1 Å². The van der Waals surface area contributed by atoms with Crippen molar-refractivity contribution in [3.8, 4) is 40.0 Å². The van der Waals surface area contributed by atoms with Crippen molar-refractivity contribution in [2.24, 2.45) is 0 Å². The summed E-state index contributed by atoms with van der Waals surface area (Å²) < 4.78 is 10.7. The van der Waals surface area contributed by atoms with Gasteiger partial charge in [0.05, 0.1) is 19.9 Å². The van der Waals surface area contributed by atoms with Gasteiger partial charge in [-0.2, -0.15) is 5.26 Å². The first kappa shape index (κ1) is 18.3. The Balaban J connectivity index is 2.29. The van der Waals surface area contributed by atoms with Gasteiger partial charge in [-0.3, -0.25) is 0 Å². The molecule has 5 heteroatoms. The summed E-state index contributed by atoms with van der Waals surface area (Å²) in [5.41, 5.74) is 11.8. The molecule has 27 heavy (non-hydrogen) atoms. The van der Waals surface area contributed by atoms with Crippen molar-refractivity contribution in [1.29, 1.82) is 5.26 Å². The predicted molar refractivity (Wildman–Crippen MR) is 107 cm³/mol. The van der Waals surface area contributed by atoms with Gasteiger partial charge in [0, 0.05) is 11.1 Å². The maximum absolute atomic E-state index is 9.68. The molecule has 3 aromatic rings. The normalized spacial score (nSPS) is 10.3. The second-order valence-corrected chi connectivity index (χ2v) is 6.27. The summed E-state index contributed by atoms with van der Waals surface area (Å²) >= 11 is 0. The Kier molecular flexibility index (Phi) is 5.00. The Bertz CT molecular complexity index is 1030. The van der Waals surface area contributed by atoms with Crippen molar-refractivity contribution in [1.82, 2.24) is 4.98 Å². The van der Waals surface area contributed by atoms with E-state index < -0.39 is 0 Å². The summed E-state index contributed by atoms with van der Waals surface area (Å²) in [6.45, 7) is 3.99. The van der Waals surface area contributed by atoms with Crippen LogP contribution in [0.3, 0.4) is 0 Å². The third-order valence-electron chi connectivity index (χ3n) is 4.58. The zero-order chi connectivity index (χ0) is 19.6. The third kappa shape index (κ3) is 3.30. The van der Waals surface area contributed by atoms with Crippen molar-refractivity contribution in [2.75, 3.05) is 20.0 Å². The van der Waals surface area contributed by atoms with Gasteiger partial charge in [-0.05, 0) is 37.1 Å². The number of hydrogen-bond acceptors (Lipinski definition) is 5. The van der Waals surface area contributed by atoms with Crippen LogP contribution < -0.4 is 15.2 Å². The summed E-state index contributed by atoms with van der Waals surface area (Å²) in [5.74, 6) is 1.42. The minimum Gasteiger partial charge on any atom is -0.493 e. The number of nitrogen functional groups attached to an aromatic ring is 1. The Morgan fingerprint density at radius 3 is 2.15 bits per heavy atom. The first-order chi connectivity index (χ1) is 13.0. The lowest BCUT2D eigenvalue weighted by atomic mass is 9.92. The standard InChI is InChI=1S/C22H21N3O2/c1-13-5-7-15(8-6-13)21-14(2)20(17(12-23)22(24)25-21)16-9-10-18(26-3)19(11-16)27-4/h5-11H,1-4H3,(H2,24,25). The number of nitrogens with two attached hydrogens (primary N) is 1. The molecule has 0 saturated carbocycles. The van der Waals surface area contributed by atoms with Gasteiger partial charge in [-0.1, -0.05) is 35.9 Å². The van der Waals surface area contributed by atoms with Crippen molar-refractivity contribution in [3.05, 3.63) is 59.2 Å². The van der Waals surface area contributed by atoms with E-state index in [1.165, 1.54) is 0 Å². The topological polar surface area (TPSA) is 81.2 Å². The maximum atomic E-state index is 9.68. The monoisotopic (exact) mass is 359 g/mol. The number of anilines is 1. The summed E-state index contributed by atoms with van der Waals surface area (Å²) in [4.78, 5) is 4.51. The lowest BCUT2D eigenvalue weighted by Crippen LogP contribution is -2.03. The minimum absolute atomic E-state index is 0.212. The second-order valence-electron chi connectivity index (χ2n) is 6.27. The fourth-order valence-electron chi connectivity index (χ4n) is 3.15. The molecule has 0 bridgehead atoms. The van der Waals surface area contributed by atoms with Crippen molar-refractivity contribution < 1.29 is 9.47 Å². The number of nitrogens with zero attached hydrogens (tertiary/aromatic N) is 2. The highest BCUT2D eigenvalue weighted by Crippen LogP contribution is 2.39. The molecule has 5 nitrogen and oxygen atoms in total. The van der Waals surface area contributed by atoms with E-state index in [2.05, 4.69) is 11.1 Å². The number of nitriles is 1. The summed E-state index contributed by atoms with van der Waals surface area (Å²) in [5, 5.41) is 9.68. The first-order valence-corrected chi connectivity index (χ1v) is 8.49. The third-order valence-corrected chi connectivity index (χ3v) is 4.58. The van der Waals surface area contributed by atoms with Gasteiger partial charge in [0.15, 0.2) is 11.5 Å². The molecule has 0 fully saturated rings. The molecule has 0 spiro atoms. The zero-order valence-electron chi connectivity index (χ0n) is 15.8. The summed E-state index contributed by atoms with van der Waals surface area (Å²) in [6, 6.07) is 15.8. The number of ether oxygens (including phenoxy) is 2. The van der Waals surface area contributed by atoms with Gasteiger partial charge in [-0.15, -0.1) is 0 Å². The summed E-state index contributed by atoms with van der Waals surface area (Å²) in [7, 11) is 3.17. The number of benzene rings is 2. The Morgan fingerprint density at radius 1 is 0.926 bits per heavy atom. The van der Waals surface area contributed by atoms with Crippen LogP contribution in [0.5, 0.6) is 11.5 Å². The summed E-state index contributed by atoms with van der Waals surface area (Å²) in [6.07, 6.45) is 0. The second kappa shape index (κ2) is 7.38. The van der Waals surface area contributed by atoms with E-state index in [9.17, 15) is 5.26 Å². The lowest BCUT2D eigenvalue weighted by Gasteiger charge is -2.16. The highest BCUT2D eigenvalue weighted by Gasteiger charge is 2.19. The molecule has 0 atom stereocenters. The molecular weight excluding hydrogens is 338 g/mol. The number of hydrogen-bond donors (Lipinski definition) is 1. The molecule has 0 amide bonds. The molecular formula is C22H21N3O2. The molecule has 136 valence electrons. The SMILES string of the molecule is COc1ccc(-c2c(C)c(-c3ccc(C)cc3)nc(N)c2C#N)cc1OC. The van der Waals surface area contributed by atoms with E-state index >= 15 is 0 Å². The van der Waals surface area contributed by atoms with Crippen LogP contribution in [0.25, 0.3) is 22.4 Å². The number of aromatic nitrogens is 1. The van der Waals surface area contributed by atoms with Crippen LogP contribution in [-0.2, 0) is 0 Å². The van der Waals surface area contributed by atoms with Crippen molar-refractivity contribution in [2.45, 2.75) is 13.8 Å². The highest BCUT2D eigenvalue weighted by atomic mass is 16.5. The van der Waals surface area contributed by atoms with Crippen LogP contribution in [0.2, 0.25) is 0 Å². The van der Waals surface area contributed by atoms with Crippen LogP contribution in [0.1, 0.15) is 16.7 Å². The predicted octanol–water partition coefficient (Wildman–Crippen LogP) is 4.50. The minimum atomic E-state index is 0.212. The van der Waals surface area contributed by atoms with Crippen LogP contribution in [0, 0.1) is 25.2 Å². The first-order valence-electron chi connectivity index (χ1n) is 8.49. The van der Waals surface area contributed by atoms with Gasteiger partial charge < -0.3 is 15.2 Å². The van der Waals surface area contributed by atoms with E-state index in [0.717, 1.165) is 33.5 Å². The molecule has 0 unspecified atom stereocenters. The van der Waals surface area contributed by atoms with E-state index in [1.54, 1.807) is 14.2 Å². The van der Waals surface area contributed by atoms with E-state index in [4.69, 9.17) is 15.2 Å². The van der Waals surface area contributed by atoms with Gasteiger partial charge in [-0.25, -0.2) is 4.98 Å². The zero-order valence-corrected chi connectivity index (χ0v) is 15.8. The molecule has 3 rings (SSSR count). The van der Waals surface area contributed by atoms with Crippen molar-refractivity contribution >= 4 is 5.82 Å². The molecule has 0 saturated heterocycles. The van der Waals surface area contributed by atoms with E-state index in [1.807, 2.05) is 56.3 Å². The quantitative estimate of drug-likeness (QED) is 0.741. The number of rotatable bonds is 4. The average molecular weight is 359 g/mol. The Hall–Kier alpha value is -3.52. The number of methoxy groups -OCH3 is 2.